The molecule has 2 aromatic rings. The lowest BCUT2D eigenvalue weighted by Crippen LogP contribution is -2.18. The number of nitrogens with zero attached hydrogens (tertiary/aromatic N) is 1. The van der Waals surface area contributed by atoms with Gasteiger partial charge in [0.2, 0.25) is 0 Å². The first-order valence-electron chi connectivity index (χ1n) is 6.68. The summed E-state index contributed by atoms with van der Waals surface area (Å²) in [7, 11) is 0. The van der Waals surface area contributed by atoms with Gasteiger partial charge < -0.3 is 9.88 Å². The highest BCUT2D eigenvalue weighted by Crippen LogP contribution is 2.27. The largest absolute Gasteiger partial charge is 0.341 e. The molecule has 1 aliphatic rings. The fraction of sp³-hybridized carbons (Fsp3) is 0.467. The van der Waals surface area contributed by atoms with Crippen molar-refractivity contribution in [3.63, 3.8) is 0 Å². The van der Waals surface area contributed by atoms with Gasteiger partial charge in [-0.2, -0.15) is 0 Å². The van der Waals surface area contributed by atoms with E-state index in [2.05, 4.69) is 63.9 Å². The van der Waals surface area contributed by atoms with E-state index >= 15 is 0 Å². The minimum atomic E-state index is 0.500. The molecule has 0 amide bonds. The monoisotopic (exact) mass is 306 g/mol. The van der Waals surface area contributed by atoms with Crippen molar-refractivity contribution in [2.45, 2.75) is 45.3 Å². The molecule has 0 unspecified atom stereocenters. The summed E-state index contributed by atoms with van der Waals surface area (Å²) >= 11 is 3.55. The average molecular weight is 307 g/mol. The molecule has 0 radical (unpaired) electrons. The molecule has 3 rings (SSSR count). The Kier molecular flexibility index (Phi) is 3.20. The van der Waals surface area contributed by atoms with Gasteiger partial charge in [0.15, 0.2) is 0 Å². The van der Waals surface area contributed by atoms with Crippen molar-refractivity contribution in [1.82, 2.24) is 9.88 Å². The molecular formula is C15H19BrN2. The maximum atomic E-state index is 3.61. The molecule has 18 heavy (non-hydrogen) atoms. The molecule has 0 bridgehead atoms. The summed E-state index contributed by atoms with van der Waals surface area (Å²) in [6, 6.07) is 10.1. The number of aromatic nitrogens is 1. The summed E-state index contributed by atoms with van der Waals surface area (Å²) in [5, 5.41) is 4.94. The second-order valence-electron chi connectivity index (χ2n) is 5.46. The molecule has 96 valence electrons. The van der Waals surface area contributed by atoms with Crippen molar-refractivity contribution in [3.8, 4) is 0 Å². The van der Waals surface area contributed by atoms with Gasteiger partial charge in [-0.15, -0.1) is 0 Å². The van der Waals surface area contributed by atoms with E-state index in [9.17, 15) is 0 Å². The molecule has 0 saturated heterocycles. The maximum absolute atomic E-state index is 3.61. The fourth-order valence-electron chi connectivity index (χ4n) is 2.55. The highest BCUT2D eigenvalue weighted by atomic mass is 79.9. The van der Waals surface area contributed by atoms with Gasteiger partial charge in [0.1, 0.15) is 0 Å². The van der Waals surface area contributed by atoms with Crippen LogP contribution in [-0.4, -0.2) is 10.6 Å². The third-order valence-corrected chi connectivity index (χ3v) is 4.04. The van der Waals surface area contributed by atoms with E-state index in [1.807, 2.05) is 0 Å². The van der Waals surface area contributed by atoms with Crippen molar-refractivity contribution in [2.24, 2.45) is 0 Å². The third kappa shape index (κ3) is 2.34. The molecule has 1 fully saturated rings. The second-order valence-corrected chi connectivity index (χ2v) is 6.37. The van der Waals surface area contributed by atoms with Crippen LogP contribution in [0.1, 0.15) is 38.4 Å². The highest BCUT2D eigenvalue weighted by molar-refractivity contribution is 9.10. The quantitative estimate of drug-likeness (QED) is 0.894. The molecule has 1 aromatic heterocycles. The van der Waals surface area contributed by atoms with Crippen LogP contribution in [0.15, 0.2) is 28.7 Å². The van der Waals surface area contributed by atoms with Gasteiger partial charge in [0.25, 0.3) is 0 Å². The van der Waals surface area contributed by atoms with Crippen LogP contribution in [0.2, 0.25) is 0 Å². The summed E-state index contributed by atoms with van der Waals surface area (Å²) < 4.78 is 3.59. The number of hydrogen-bond acceptors (Lipinski definition) is 1. The Morgan fingerprint density at radius 2 is 2.11 bits per heavy atom. The molecule has 1 saturated carbocycles. The number of halogens is 1. The van der Waals surface area contributed by atoms with Crippen LogP contribution in [0.25, 0.3) is 10.9 Å². The van der Waals surface area contributed by atoms with Gasteiger partial charge in [0, 0.05) is 39.7 Å². The molecule has 1 aromatic carbocycles. The first kappa shape index (κ1) is 12.2. The standard InChI is InChI=1S/C15H19BrN2/c1-10(2)18-14(9-17-13-4-5-13)8-11-7-12(16)3-6-15(11)18/h3,6-8,10,13,17H,4-5,9H2,1-2H3. The number of hydrogen-bond donors (Lipinski definition) is 1. The Balaban J connectivity index is 2.01. The van der Waals surface area contributed by atoms with Crippen molar-refractivity contribution >= 4 is 26.8 Å². The first-order valence-corrected chi connectivity index (χ1v) is 7.47. The molecule has 3 heteroatoms. The van der Waals surface area contributed by atoms with E-state index < -0.39 is 0 Å². The van der Waals surface area contributed by atoms with Gasteiger partial charge in [-0.1, -0.05) is 15.9 Å². The van der Waals surface area contributed by atoms with E-state index in [1.54, 1.807) is 0 Å². The summed E-state index contributed by atoms with van der Waals surface area (Å²) in [5.41, 5.74) is 2.73. The third-order valence-electron chi connectivity index (χ3n) is 3.55. The predicted molar refractivity (Wildman–Crippen MR) is 79.9 cm³/mol. The predicted octanol–water partition coefficient (Wildman–Crippen LogP) is 4.24. The summed E-state index contributed by atoms with van der Waals surface area (Å²) in [6.07, 6.45) is 2.68. The Hall–Kier alpha value is -0.800. The Morgan fingerprint density at radius 3 is 2.78 bits per heavy atom. The number of benzene rings is 1. The summed E-state index contributed by atoms with van der Waals surface area (Å²) in [4.78, 5) is 0. The van der Waals surface area contributed by atoms with E-state index in [4.69, 9.17) is 0 Å². The minimum absolute atomic E-state index is 0.500. The Bertz CT molecular complexity index is 567. The zero-order valence-electron chi connectivity index (χ0n) is 10.9. The van der Waals surface area contributed by atoms with Crippen LogP contribution in [0.5, 0.6) is 0 Å². The minimum Gasteiger partial charge on any atom is -0.341 e. The van der Waals surface area contributed by atoms with E-state index in [0.29, 0.717) is 6.04 Å². The van der Waals surface area contributed by atoms with E-state index in [0.717, 1.165) is 17.1 Å². The SMILES string of the molecule is CC(C)n1c(CNC2CC2)cc2cc(Br)ccc21. The lowest BCUT2D eigenvalue weighted by Gasteiger charge is -2.15. The number of nitrogens with one attached hydrogen (secondary N) is 1. The van der Waals surface area contributed by atoms with E-state index in [-0.39, 0.29) is 0 Å². The van der Waals surface area contributed by atoms with Crippen LogP contribution in [0.4, 0.5) is 0 Å². The molecule has 2 nitrogen and oxygen atoms in total. The first-order chi connectivity index (χ1) is 8.65. The molecule has 1 heterocycles. The van der Waals surface area contributed by atoms with Crippen molar-refractivity contribution in [2.75, 3.05) is 0 Å². The topological polar surface area (TPSA) is 17.0 Å². The normalized spacial score (nSPS) is 15.8. The molecule has 0 aliphatic heterocycles. The smallest absolute Gasteiger partial charge is 0.0486 e. The number of fused-ring (bicyclic) bond motifs is 1. The maximum Gasteiger partial charge on any atom is 0.0486 e. The molecule has 0 spiro atoms. The van der Waals surface area contributed by atoms with Crippen molar-refractivity contribution < 1.29 is 0 Å². The van der Waals surface area contributed by atoms with Gasteiger partial charge >= 0.3 is 0 Å². The van der Waals surface area contributed by atoms with Crippen LogP contribution in [0.3, 0.4) is 0 Å². The molecule has 1 N–H and O–H groups in total. The molecular weight excluding hydrogens is 288 g/mol. The Morgan fingerprint density at radius 1 is 1.33 bits per heavy atom. The zero-order chi connectivity index (χ0) is 12.7. The van der Waals surface area contributed by atoms with Gasteiger partial charge in [-0.3, -0.25) is 0 Å². The lowest BCUT2D eigenvalue weighted by molar-refractivity contribution is 0.565. The van der Waals surface area contributed by atoms with Crippen LogP contribution in [-0.2, 0) is 6.54 Å². The van der Waals surface area contributed by atoms with Crippen molar-refractivity contribution in [1.29, 1.82) is 0 Å². The summed E-state index contributed by atoms with van der Waals surface area (Å²) in [6.45, 7) is 5.49. The van der Waals surface area contributed by atoms with Crippen molar-refractivity contribution in [3.05, 3.63) is 34.4 Å². The van der Waals surface area contributed by atoms with E-state index in [1.165, 1.54) is 29.4 Å². The highest BCUT2D eigenvalue weighted by Gasteiger charge is 2.21. The Labute approximate surface area is 116 Å². The lowest BCUT2D eigenvalue weighted by atomic mass is 10.2. The molecule has 1 aliphatic carbocycles. The average Bonchev–Trinajstić information content (AvgIpc) is 3.06. The van der Waals surface area contributed by atoms with Gasteiger partial charge in [-0.25, -0.2) is 0 Å². The van der Waals surface area contributed by atoms with Crippen LogP contribution < -0.4 is 5.32 Å². The van der Waals surface area contributed by atoms with Crippen LogP contribution >= 0.6 is 15.9 Å². The fourth-order valence-corrected chi connectivity index (χ4v) is 2.93. The van der Waals surface area contributed by atoms with Gasteiger partial charge in [0.05, 0.1) is 0 Å². The molecule has 0 atom stereocenters. The number of rotatable bonds is 4. The van der Waals surface area contributed by atoms with Gasteiger partial charge in [-0.05, 0) is 51.0 Å². The summed E-state index contributed by atoms with van der Waals surface area (Å²) in [5.74, 6) is 0. The second kappa shape index (κ2) is 4.71. The van der Waals surface area contributed by atoms with Crippen LogP contribution in [0, 0.1) is 0 Å². The zero-order valence-corrected chi connectivity index (χ0v) is 12.5.